The standard InChI is InChI=1S/C18H15F4N3O3/c1-23-18(27)25-13-4-5-28-16-14(13)11(21)7-12(22)15(16)17(26)24-8-2-3-9(19)10(20)6-8/h2-3,6-7,13H,4-5H2,1H3,(H,24,26)(H2,23,25,27)/t13-/m0/s1. The number of hydrogen-bond donors (Lipinski definition) is 3. The van der Waals surface area contributed by atoms with Gasteiger partial charge in [0.25, 0.3) is 5.91 Å². The number of hydrogen-bond acceptors (Lipinski definition) is 3. The highest BCUT2D eigenvalue weighted by Crippen LogP contribution is 2.38. The molecule has 10 heteroatoms. The van der Waals surface area contributed by atoms with Crippen molar-refractivity contribution in [2.75, 3.05) is 19.0 Å². The van der Waals surface area contributed by atoms with Crippen LogP contribution in [0, 0.1) is 23.3 Å². The molecule has 0 spiro atoms. The Balaban J connectivity index is 1.99. The van der Waals surface area contributed by atoms with Crippen LogP contribution in [0.5, 0.6) is 5.75 Å². The second-order valence-electron chi connectivity index (χ2n) is 5.95. The first kappa shape index (κ1) is 19.5. The van der Waals surface area contributed by atoms with Gasteiger partial charge in [0.05, 0.1) is 18.2 Å². The van der Waals surface area contributed by atoms with Gasteiger partial charge in [0.2, 0.25) is 0 Å². The molecule has 1 aliphatic rings. The lowest BCUT2D eigenvalue weighted by Gasteiger charge is -2.28. The van der Waals surface area contributed by atoms with Crippen LogP contribution in [-0.2, 0) is 0 Å². The molecule has 148 valence electrons. The van der Waals surface area contributed by atoms with Crippen LogP contribution in [-0.4, -0.2) is 25.6 Å². The molecule has 1 heterocycles. The molecule has 0 radical (unpaired) electrons. The highest BCUT2D eigenvalue weighted by molar-refractivity contribution is 6.06. The molecule has 0 aliphatic carbocycles. The summed E-state index contributed by atoms with van der Waals surface area (Å²) in [4.78, 5) is 24.1. The number of urea groups is 1. The predicted molar refractivity (Wildman–Crippen MR) is 91.1 cm³/mol. The summed E-state index contributed by atoms with van der Waals surface area (Å²) >= 11 is 0. The molecular weight excluding hydrogens is 382 g/mol. The van der Waals surface area contributed by atoms with Gasteiger partial charge in [-0.05, 0) is 12.1 Å². The first-order chi connectivity index (χ1) is 13.3. The number of carbonyl (C=O) groups is 2. The van der Waals surface area contributed by atoms with Gasteiger partial charge in [-0.15, -0.1) is 0 Å². The molecule has 28 heavy (non-hydrogen) atoms. The fraction of sp³-hybridized carbons (Fsp3) is 0.222. The summed E-state index contributed by atoms with van der Waals surface area (Å²) < 4.78 is 60.4. The minimum Gasteiger partial charge on any atom is -0.492 e. The molecule has 0 saturated heterocycles. The van der Waals surface area contributed by atoms with Crippen LogP contribution in [0.3, 0.4) is 0 Å². The second-order valence-corrected chi connectivity index (χ2v) is 5.95. The van der Waals surface area contributed by atoms with Crippen molar-refractivity contribution in [3.8, 4) is 5.75 Å². The maximum atomic E-state index is 14.4. The fourth-order valence-corrected chi connectivity index (χ4v) is 2.86. The Morgan fingerprint density at radius 2 is 1.79 bits per heavy atom. The molecule has 3 amide bonds. The van der Waals surface area contributed by atoms with Crippen molar-refractivity contribution in [2.45, 2.75) is 12.5 Å². The van der Waals surface area contributed by atoms with Crippen molar-refractivity contribution in [2.24, 2.45) is 0 Å². The third-order valence-corrected chi connectivity index (χ3v) is 4.16. The Hall–Kier alpha value is -3.30. The molecule has 6 nitrogen and oxygen atoms in total. The molecule has 0 bridgehead atoms. The van der Waals surface area contributed by atoms with E-state index >= 15 is 0 Å². The van der Waals surface area contributed by atoms with Gasteiger partial charge >= 0.3 is 6.03 Å². The average molecular weight is 397 g/mol. The maximum absolute atomic E-state index is 14.4. The van der Waals surface area contributed by atoms with Gasteiger partial charge in [0, 0.05) is 31.3 Å². The number of halogens is 4. The maximum Gasteiger partial charge on any atom is 0.315 e. The summed E-state index contributed by atoms with van der Waals surface area (Å²) in [5.74, 6) is -5.90. The van der Waals surface area contributed by atoms with Crippen LogP contribution in [0.4, 0.5) is 28.0 Å². The van der Waals surface area contributed by atoms with Crippen LogP contribution in [0.25, 0.3) is 0 Å². The number of fused-ring (bicyclic) bond motifs is 1. The molecule has 1 atom stereocenters. The monoisotopic (exact) mass is 397 g/mol. The number of ether oxygens (including phenoxy) is 1. The number of amides is 3. The summed E-state index contributed by atoms with van der Waals surface area (Å²) in [6.45, 7) is -0.00396. The van der Waals surface area contributed by atoms with Gasteiger partial charge in [0.15, 0.2) is 11.6 Å². The van der Waals surface area contributed by atoms with E-state index in [4.69, 9.17) is 4.74 Å². The molecule has 3 rings (SSSR count). The SMILES string of the molecule is CNC(=O)N[C@H]1CCOc2c(C(=O)Nc3ccc(F)c(F)c3)c(F)cc(F)c21. The number of carbonyl (C=O) groups excluding carboxylic acids is 2. The van der Waals surface area contributed by atoms with Crippen molar-refractivity contribution < 1.29 is 31.9 Å². The minimum atomic E-state index is -1.20. The summed E-state index contributed by atoms with van der Waals surface area (Å²) in [6, 6.07) is 1.67. The minimum absolute atomic E-state index is 0.00396. The van der Waals surface area contributed by atoms with Gasteiger partial charge in [-0.1, -0.05) is 0 Å². The highest BCUT2D eigenvalue weighted by Gasteiger charge is 2.33. The lowest BCUT2D eigenvalue weighted by atomic mass is 9.96. The normalized spacial score (nSPS) is 15.2. The van der Waals surface area contributed by atoms with Crippen LogP contribution in [0.2, 0.25) is 0 Å². The lowest BCUT2D eigenvalue weighted by molar-refractivity contribution is 0.101. The van der Waals surface area contributed by atoms with E-state index in [1.165, 1.54) is 7.05 Å². The summed E-state index contributed by atoms with van der Waals surface area (Å²) in [7, 11) is 1.37. The fourth-order valence-electron chi connectivity index (χ4n) is 2.86. The average Bonchev–Trinajstić information content (AvgIpc) is 2.64. The largest absolute Gasteiger partial charge is 0.492 e. The molecular formula is C18H15F4N3O3. The van der Waals surface area contributed by atoms with Crippen molar-refractivity contribution >= 4 is 17.6 Å². The first-order valence-electron chi connectivity index (χ1n) is 8.21. The number of nitrogens with one attached hydrogen (secondary N) is 3. The summed E-state index contributed by atoms with van der Waals surface area (Å²) in [5.41, 5.74) is -0.909. The van der Waals surface area contributed by atoms with Crippen molar-refractivity contribution in [1.29, 1.82) is 0 Å². The molecule has 0 saturated carbocycles. The van der Waals surface area contributed by atoms with Crippen LogP contribution >= 0.6 is 0 Å². The third kappa shape index (κ3) is 3.71. The smallest absolute Gasteiger partial charge is 0.315 e. The van der Waals surface area contributed by atoms with Gasteiger partial charge in [-0.3, -0.25) is 4.79 Å². The van der Waals surface area contributed by atoms with Gasteiger partial charge in [-0.25, -0.2) is 22.4 Å². The second kappa shape index (κ2) is 7.75. The van der Waals surface area contributed by atoms with Crippen molar-refractivity contribution in [3.63, 3.8) is 0 Å². The van der Waals surface area contributed by atoms with E-state index in [9.17, 15) is 27.2 Å². The molecule has 3 N–H and O–H groups in total. The number of anilines is 1. The molecule has 0 aromatic heterocycles. The van der Waals surface area contributed by atoms with E-state index in [0.717, 1.165) is 18.2 Å². The van der Waals surface area contributed by atoms with Gasteiger partial charge < -0.3 is 20.7 Å². The summed E-state index contributed by atoms with van der Waals surface area (Å²) in [6.07, 6.45) is 0.202. The number of rotatable bonds is 3. The Kier molecular flexibility index (Phi) is 5.39. The van der Waals surface area contributed by atoms with E-state index in [-0.39, 0.29) is 30.0 Å². The third-order valence-electron chi connectivity index (χ3n) is 4.16. The summed E-state index contributed by atoms with van der Waals surface area (Å²) in [5, 5.41) is 7.04. The Morgan fingerprint density at radius 1 is 1.04 bits per heavy atom. The zero-order valence-electron chi connectivity index (χ0n) is 14.5. The van der Waals surface area contributed by atoms with E-state index < -0.39 is 46.8 Å². The van der Waals surface area contributed by atoms with E-state index in [1.54, 1.807) is 0 Å². The predicted octanol–water partition coefficient (Wildman–Crippen LogP) is 3.25. The molecule has 1 aliphatic heterocycles. The van der Waals surface area contributed by atoms with Crippen LogP contribution in [0.15, 0.2) is 24.3 Å². The quantitative estimate of drug-likeness (QED) is 0.696. The van der Waals surface area contributed by atoms with Gasteiger partial charge in [0.1, 0.15) is 22.9 Å². The molecule has 0 fully saturated rings. The number of benzene rings is 2. The Morgan fingerprint density at radius 3 is 2.46 bits per heavy atom. The lowest BCUT2D eigenvalue weighted by Crippen LogP contribution is -2.38. The molecule has 2 aromatic carbocycles. The van der Waals surface area contributed by atoms with E-state index in [0.29, 0.717) is 6.07 Å². The highest BCUT2D eigenvalue weighted by atomic mass is 19.2. The first-order valence-corrected chi connectivity index (χ1v) is 8.21. The van der Waals surface area contributed by atoms with Gasteiger partial charge in [-0.2, -0.15) is 0 Å². The molecule has 2 aromatic rings. The zero-order valence-corrected chi connectivity index (χ0v) is 14.5. The topological polar surface area (TPSA) is 79.5 Å². The molecule has 0 unspecified atom stereocenters. The van der Waals surface area contributed by atoms with E-state index in [2.05, 4.69) is 16.0 Å². The van der Waals surface area contributed by atoms with E-state index in [1.807, 2.05) is 0 Å². The Labute approximate surface area is 156 Å². The zero-order chi connectivity index (χ0) is 20.4. The van der Waals surface area contributed by atoms with Crippen molar-refractivity contribution in [3.05, 3.63) is 58.7 Å². The Bertz CT molecular complexity index is 952. The van der Waals surface area contributed by atoms with Crippen molar-refractivity contribution in [1.82, 2.24) is 10.6 Å². The van der Waals surface area contributed by atoms with Crippen LogP contribution < -0.4 is 20.7 Å². The van der Waals surface area contributed by atoms with Crippen LogP contribution in [0.1, 0.15) is 28.4 Å².